The highest BCUT2D eigenvalue weighted by Crippen LogP contribution is 2.22. The largest absolute Gasteiger partial charge is 0.334 e. The zero-order valence-corrected chi connectivity index (χ0v) is 16.5. The van der Waals surface area contributed by atoms with E-state index in [4.69, 9.17) is 5.26 Å². The van der Waals surface area contributed by atoms with E-state index in [0.29, 0.717) is 34.2 Å². The fourth-order valence-electron chi connectivity index (χ4n) is 3.31. The number of hydrogen-bond acceptors (Lipinski definition) is 4. The molecule has 1 aliphatic rings. The van der Waals surface area contributed by atoms with Crippen LogP contribution in [0.2, 0.25) is 0 Å². The van der Waals surface area contributed by atoms with Crippen LogP contribution in [0.4, 0.5) is 4.39 Å². The number of H-pyrrole nitrogens is 1. The Hall–Kier alpha value is -2.76. The molecule has 0 bridgehead atoms. The normalized spacial score (nSPS) is 15.0. The molecular formula is C20H17BrFN5O. The van der Waals surface area contributed by atoms with Gasteiger partial charge in [-0.25, -0.2) is 9.37 Å². The van der Waals surface area contributed by atoms with Crippen LogP contribution in [-0.2, 0) is 6.54 Å². The fourth-order valence-corrected chi connectivity index (χ4v) is 3.64. The van der Waals surface area contributed by atoms with Gasteiger partial charge in [0.1, 0.15) is 5.82 Å². The lowest BCUT2D eigenvalue weighted by molar-refractivity contribution is 0.0618. The van der Waals surface area contributed by atoms with Gasteiger partial charge in [0, 0.05) is 38.8 Å². The lowest BCUT2D eigenvalue weighted by Crippen LogP contribution is -2.48. The summed E-state index contributed by atoms with van der Waals surface area (Å²) in [6.45, 7) is 3.50. The van der Waals surface area contributed by atoms with Crippen molar-refractivity contribution in [2.24, 2.45) is 0 Å². The van der Waals surface area contributed by atoms with E-state index in [1.807, 2.05) is 24.3 Å². The predicted octanol–water partition coefficient (Wildman–Crippen LogP) is 3.29. The van der Waals surface area contributed by atoms with Crippen LogP contribution in [0.3, 0.4) is 0 Å². The molecule has 0 aliphatic carbocycles. The van der Waals surface area contributed by atoms with Crippen molar-refractivity contribution in [2.45, 2.75) is 6.54 Å². The number of nitriles is 1. The number of piperazine rings is 1. The SMILES string of the molecule is N#Cc1ccc(CN2CCN(C(=O)c3nc4cc(Br)c(F)cc4[nH]3)CC2)cc1. The maximum absolute atomic E-state index is 13.7. The highest BCUT2D eigenvalue weighted by molar-refractivity contribution is 9.10. The minimum absolute atomic E-state index is 0.175. The van der Waals surface area contributed by atoms with Crippen LogP contribution in [0, 0.1) is 17.1 Å². The standard InChI is InChI=1S/C20H17BrFN5O/c21-15-9-17-18(10-16(15)22)25-19(24-17)20(28)27-7-5-26(6-8-27)12-14-3-1-13(11-23)2-4-14/h1-4,9-10H,5-8,12H2,(H,24,25). The minimum atomic E-state index is -0.397. The number of aromatic nitrogens is 2. The number of hydrogen-bond donors (Lipinski definition) is 1. The fraction of sp³-hybridized carbons (Fsp3) is 0.250. The molecule has 28 heavy (non-hydrogen) atoms. The second-order valence-electron chi connectivity index (χ2n) is 6.75. The molecule has 8 heteroatoms. The number of carbonyl (C=O) groups is 1. The lowest BCUT2D eigenvalue weighted by atomic mass is 10.1. The van der Waals surface area contributed by atoms with Gasteiger partial charge in [0.25, 0.3) is 5.91 Å². The van der Waals surface area contributed by atoms with E-state index in [0.717, 1.165) is 25.2 Å². The summed E-state index contributed by atoms with van der Waals surface area (Å²) >= 11 is 3.14. The van der Waals surface area contributed by atoms with E-state index in [1.165, 1.54) is 6.07 Å². The Morgan fingerprint density at radius 3 is 2.61 bits per heavy atom. The van der Waals surface area contributed by atoms with E-state index in [9.17, 15) is 9.18 Å². The summed E-state index contributed by atoms with van der Waals surface area (Å²) in [6, 6.07) is 12.6. The highest BCUT2D eigenvalue weighted by atomic mass is 79.9. The van der Waals surface area contributed by atoms with E-state index < -0.39 is 5.82 Å². The predicted molar refractivity (Wildman–Crippen MR) is 106 cm³/mol. The summed E-state index contributed by atoms with van der Waals surface area (Å²) in [4.78, 5) is 24.0. The van der Waals surface area contributed by atoms with Gasteiger partial charge >= 0.3 is 0 Å². The van der Waals surface area contributed by atoms with Crippen molar-refractivity contribution in [1.82, 2.24) is 19.8 Å². The summed E-state index contributed by atoms with van der Waals surface area (Å²) < 4.78 is 14.0. The monoisotopic (exact) mass is 441 g/mol. The second-order valence-corrected chi connectivity index (χ2v) is 7.60. The van der Waals surface area contributed by atoms with Gasteiger partial charge in [0.05, 0.1) is 27.1 Å². The van der Waals surface area contributed by atoms with Gasteiger partial charge in [-0.15, -0.1) is 0 Å². The van der Waals surface area contributed by atoms with Gasteiger partial charge in [0.2, 0.25) is 0 Å². The third-order valence-electron chi connectivity index (χ3n) is 4.88. The Bertz CT molecular complexity index is 1030. The molecule has 0 saturated carbocycles. The zero-order valence-electron chi connectivity index (χ0n) is 15.0. The molecule has 1 N–H and O–H groups in total. The van der Waals surface area contributed by atoms with Crippen molar-refractivity contribution >= 4 is 32.9 Å². The Labute approximate surface area is 169 Å². The first kappa shape index (κ1) is 18.6. The quantitative estimate of drug-likeness (QED) is 0.676. The van der Waals surface area contributed by atoms with E-state index >= 15 is 0 Å². The van der Waals surface area contributed by atoms with Crippen LogP contribution in [-0.4, -0.2) is 51.9 Å². The molecule has 1 amide bonds. The summed E-state index contributed by atoms with van der Waals surface area (Å²) in [5.41, 5.74) is 2.85. The molecule has 0 unspecified atom stereocenters. The molecule has 6 nitrogen and oxygen atoms in total. The average molecular weight is 442 g/mol. The number of halogens is 2. The minimum Gasteiger partial charge on any atom is -0.334 e. The van der Waals surface area contributed by atoms with Crippen LogP contribution in [0.1, 0.15) is 21.7 Å². The summed E-state index contributed by atoms with van der Waals surface area (Å²) in [5.74, 6) is -0.342. The molecule has 0 atom stereocenters. The maximum Gasteiger partial charge on any atom is 0.289 e. The highest BCUT2D eigenvalue weighted by Gasteiger charge is 2.24. The van der Waals surface area contributed by atoms with E-state index in [-0.39, 0.29) is 11.7 Å². The van der Waals surface area contributed by atoms with Gasteiger partial charge in [-0.1, -0.05) is 12.1 Å². The van der Waals surface area contributed by atoms with Crippen molar-refractivity contribution in [3.63, 3.8) is 0 Å². The van der Waals surface area contributed by atoms with Crippen LogP contribution in [0.25, 0.3) is 11.0 Å². The Kier molecular flexibility index (Phi) is 5.11. The summed E-state index contributed by atoms with van der Waals surface area (Å²) in [7, 11) is 0. The molecule has 0 radical (unpaired) electrons. The van der Waals surface area contributed by atoms with Crippen molar-refractivity contribution < 1.29 is 9.18 Å². The van der Waals surface area contributed by atoms with Gasteiger partial charge in [-0.3, -0.25) is 9.69 Å². The molecular weight excluding hydrogens is 425 g/mol. The number of nitrogens with one attached hydrogen (secondary N) is 1. The third-order valence-corrected chi connectivity index (χ3v) is 5.48. The molecule has 1 aliphatic heterocycles. The van der Waals surface area contributed by atoms with Gasteiger partial charge in [0.15, 0.2) is 5.82 Å². The number of nitrogens with zero attached hydrogens (tertiary/aromatic N) is 4. The first-order chi connectivity index (χ1) is 13.5. The maximum atomic E-state index is 13.7. The van der Waals surface area contributed by atoms with Crippen LogP contribution < -0.4 is 0 Å². The topological polar surface area (TPSA) is 76.0 Å². The first-order valence-corrected chi connectivity index (χ1v) is 9.68. The first-order valence-electron chi connectivity index (χ1n) is 8.89. The Balaban J connectivity index is 1.39. The molecule has 1 saturated heterocycles. The molecule has 2 aromatic carbocycles. The van der Waals surface area contributed by atoms with Crippen molar-refractivity contribution in [3.8, 4) is 6.07 Å². The molecule has 1 fully saturated rings. The number of rotatable bonds is 3. The van der Waals surface area contributed by atoms with Crippen LogP contribution in [0.15, 0.2) is 40.9 Å². The van der Waals surface area contributed by atoms with E-state index in [2.05, 4.69) is 36.9 Å². The number of aromatic amines is 1. The average Bonchev–Trinajstić information content (AvgIpc) is 3.11. The van der Waals surface area contributed by atoms with Crippen molar-refractivity contribution in [1.29, 1.82) is 5.26 Å². The number of carbonyl (C=O) groups excluding carboxylic acids is 1. The smallest absolute Gasteiger partial charge is 0.289 e. The molecule has 2 heterocycles. The van der Waals surface area contributed by atoms with Crippen molar-refractivity contribution in [2.75, 3.05) is 26.2 Å². The number of fused-ring (bicyclic) bond motifs is 1. The molecule has 1 aromatic heterocycles. The zero-order chi connectivity index (χ0) is 19.7. The van der Waals surface area contributed by atoms with Gasteiger partial charge in [-0.05, 0) is 39.7 Å². The van der Waals surface area contributed by atoms with E-state index in [1.54, 1.807) is 11.0 Å². The molecule has 4 rings (SSSR count). The van der Waals surface area contributed by atoms with Gasteiger partial charge < -0.3 is 9.88 Å². The number of imidazole rings is 1. The third kappa shape index (κ3) is 3.77. The Morgan fingerprint density at radius 1 is 1.21 bits per heavy atom. The number of benzene rings is 2. The van der Waals surface area contributed by atoms with Crippen LogP contribution in [0.5, 0.6) is 0 Å². The van der Waals surface area contributed by atoms with Crippen molar-refractivity contribution in [3.05, 3.63) is 63.6 Å². The second kappa shape index (κ2) is 7.70. The molecule has 3 aromatic rings. The summed E-state index contributed by atoms with van der Waals surface area (Å²) in [5, 5.41) is 8.87. The molecule has 142 valence electrons. The molecule has 0 spiro atoms. The summed E-state index contributed by atoms with van der Waals surface area (Å²) in [6.07, 6.45) is 0. The number of amides is 1. The Morgan fingerprint density at radius 2 is 1.93 bits per heavy atom. The van der Waals surface area contributed by atoms with Gasteiger partial charge in [-0.2, -0.15) is 5.26 Å². The lowest BCUT2D eigenvalue weighted by Gasteiger charge is -2.34. The van der Waals surface area contributed by atoms with Crippen LogP contribution >= 0.6 is 15.9 Å².